The summed E-state index contributed by atoms with van der Waals surface area (Å²) in [5.41, 5.74) is 0. The first-order valence-corrected chi connectivity index (χ1v) is 7.85. The van der Waals surface area contributed by atoms with Crippen molar-refractivity contribution in [2.24, 2.45) is 17.8 Å². The predicted octanol–water partition coefficient (Wildman–Crippen LogP) is 2.49. The number of nitrogens with one attached hydrogen (secondary N) is 2. The average Bonchev–Trinajstić information content (AvgIpc) is 3.21. The first kappa shape index (κ1) is 15.1. The molecule has 2 aliphatic carbocycles. The van der Waals surface area contributed by atoms with Crippen LogP contribution in [0.3, 0.4) is 0 Å². The van der Waals surface area contributed by atoms with Gasteiger partial charge in [0.15, 0.2) is 0 Å². The third-order valence-electron chi connectivity index (χ3n) is 5.12. The van der Waals surface area contributed by atoms with Gasteiger partial charge in [0.2, 0.25) is 5.91 Å². The maximum Gasteiger partial charge on any atom is 0.223 e. The molecule has 110 valence electrons. The van der Waals surface area contributed by atoms with E-state index in [1.165, 1.54) is 38.5 Å². The highest BCUT2D eigenvalue weighted by atomic mass is 35.5. The summed E-state index contributed by atoms with van der Waals surface area (Å²) in [7, 11) is 0. The summed E-state index contributed by atoms with van der Waals surface area (Å²) in [6.07, 6.45) is 10.3. The van der Waals surface area contributed by atoms with Crippen LogP contribution in [0.2, 0.25) is 0 Å². The van der Waals surface area contributed by atoms with Crippen LogP contribution in [0.25, 0.3) is 0 Å². The predicted molar refractivity (Wildman–Crippen MR) is 79.5 cm³/mol. The van der Waals surface area contributed by atoms with Crippen LogP contribution in [0.1, 0.15) is 51.4 Å². The zero-order valence-electron chi connectivity index (χ0n) is 11.7. The van der Waals surface area contributed by atoms with Crippen molar-refractivity contribution in [3.05, 3.63) is 0 Å². The lowest BCUT2D eigenvalue weighted by Crippen LogP contribution is -2.43. The van der Waals surface area contributed by atoms with Crippen LogP contribution in [-0.2, 0) is 4.79 Å². The van der Waals surface area contributed by atoms with E-state index >= 15 is 0 Å². The molecule has 19 heavy (non-hydrogen) atoms. The van der Waals surface area contributed by atoms with E-state index in [1.807, 2.05) is 0 Å². The van der Waals surface area contributed by atoms with E-state index in [9.17, 15) is 4.79 Å². The standard InChI is InChI=1S/C15H26N2O.ClH/c18-15(17-12-6-8-16-9-7-12)14-10-13(14)11-4-2-1-3-5-11;/h11-14,16H,1-10H2,(H,17,18);1H. The highest BCUT2D eigenvalue weighted by Gasteiger charge is 2.47. The van der Waals surface area contributed by atoms with Gasteiger partial charge in [0.25, 0.3) is 0 Å². The Morgan fingerprint density at radius 3 is 2.37 bits per heavy atom. The molecule has 4 heteroatoms. The first-order chi connectivity index (χ1) is 8.84. The monoisotopic (exact) mass is 286 g/mol. The van der Waals surface area contributed by atoms with Crippen LogP contribution in [0.5, 0.6) is 0 Å². The number of rotatable bonds is 3. The summed E-state index contributed by atoms with van der Waals surface area (Å²) >= 11 is 0. The number of carbonyl (C=O) groups is 1. The Kier molecular flexibility index (Phi) is 5.52. The minimum Gasteiger partial charge on any atom is -0.353 e. The highest BCUT2D eigenvalue weighted by Crippen LogP contribution is 2.49. The smallest absolute Gasteiger partial charge is 0.223 e. The number of amides is 1. The van der Waals surface area contributed by atoms with Crippen LogP contribution in [0, 0.1) is 17.8 Å². The number of hydrogen-bond acceptors (Lipinski definition) is 2. The Balaban J connectivity index is 0.00000133. The number of carbonyl (C=O) groups excluding carboxylic acids is 1. The first-order valence-electron chi connectivity index (χ1n) is 7.85. The Labute approximate surface area is 122 Å². The van der Waals surface area contributed by atoms with E-state index in [4.69, 9.17) is 0 Å². The minimum absolute atomic E-state index is 0. The van der Waals surface area contributed by atoms with E-state index in [-0.39, 0.29) is 12.4 Å². The molecular formula is C15H27ClN2O. The van der Waals surface area contributed by atoms with Gasteiger partial charge < -0.3 is 10.6 Å². The fourth-order valence-corrected chi connectivity index (χ4v) is 3.87. The second-order valence-corrected chi connectivity index (χ2v) is 6.44. The number of piperidine rings is 1. The molecule has 0 aromatic heterocycles. The van der Waals surface area contributed by atoms with Crippen molar-refractivity contribution in [1.29, 1.82) is 0 Å². The minimum atomic E-state index is 0. The van der Waals surface area contributed by atoms with E-state index < -0.39 is 0 Å². The summed E-state index contributed by atoms with van der Waals surface area (Å²) in [6.45, 7) is 2.11. The zero-order chi connectivity index (χ0) is 12.4. The molecule has 2 unspecified atom stereocenters. The second kappa shape index (κ2) is 6.94. The van der Waals surface area contributed by atoms with Gasteiger partial charge in [-0.25, -0.2) is 0 Å². The Morgan fingerprint density at radius 2 is 1.68 bits per heavy atom. The highest BCUT2D eigenvalue weighted by molar-refractivity contribution is 5.85. The lowest BCUT2D eigenvalue weighted by Gasteiger charge is -2.24. The number of halogens is 1. The van der Waals surface area contributed by atoms with Crippen LogP contribution in [0.4, 0.5) is 0 Å². The molecule has 0 bridgehead atoms. The third kappa shape index (κ3) is 3.85. The molecule has 3 nitrogen and oxygen atoms in total. The normalized spacial score (nSPS) is 32.4. The summed E-state index contributed by atoms with van der Waals surface area (Å²) in [5.74, 6) is 2.31. The fourth-order valence-electron chi connectivity index (χ4n) is 3.87. The molecule has 0 aromatic rings. The lowest BCUT2D eigenvalue weighted by molar-refractivity contribution is -0.123. The van der Waals surface area contributed by atoms with Crippen molar-refractivity contribution < 1.29 is 4.79 Å². The maximum atomic E-state index is 12.2. The van der Waals surface area contributed by atoms with Gasteiger partial charge in [0, 0.05) is 12.0 Å². The molecule has 2 atom stereocenters. The molecule has 0 aromatic carbocycles. The zero-order valence-corrected chi connectivity index (χ0v) is 12.5. The van der Waals surface area contributed by atoms with Crippen molar-refractivity contribution in [3.8, 4) is 0 Å². The molecule has 1 amide bonds. The third-order valence-corrected chi connectivity index (χ3v) is 5.12. The Bertz CT molecular complexity index is 299. The van der Waals surface area contributed by atoms with E-state index in [0.717, 1.165) is 37.8 Å². The van der Waals surface area contributed by atoms with Gasteiger partial charge in [-0.1, -0.05) is 32.1 Å². The summed E-state index contributed by atoms with van der Waals surface area (Å²) < 4.78 is 0. The largest absolute Gasteiger partial charge is 0.353 e. The summed E-state index contributed by atoms with van der Waals surface area (Å²) in [5, 5.41) is 6.61. The lowest BCUT2D eigenvalue weighted by atomic mass is 9.85. The second-order valence-electron chi connectivity index (χ2n) is 6.44. The molecule has 2 N–H and O–H groups in total. The quantitative estimate of drug-likeness (QED) is 0.837. The van der Waals surface area contributed by atoms with Crippen molar-refractivity contribution in [2.75, 3.05) is 13.1 Å². The maximum absolute atomic E-state index is 12.2. The van der Waals surface area contributed by atoms with Crippen molar-refractivity contribution in [3.63, 3.8) is 0 Å². The van der Waals surface area contributed by atoms with Crippen molar-refractivity contribution in [2.45, 2.75) is 57.4 Å². The molecule has 0 spiro atoms. The number of hydrogen-bond donors (Lipinski definition) is 2. The Morgan fingerprint density at radius 1 is 1.00 bits per heavy atom. The molecule has 1 heterocycles. The van der Waals surface area contributed by atoms with Gasteiger partial charge in [-0.05, 0) is 44.2 Å². The van der Waals surface area contributed by atoms with Crippen molar-refractivity contribution >= 4 is 18.3 Å². The van der Waals surface area contributed by atoms with Crippen molar-refractivity contribution in [1.82, 2.24) is 10.6 Å². The summed E-state index contributed by atoms with van der Waals surface area (Å²) in [6, 6.07) is 0.436. The van der Waals surface area contributed by atoms with Crippen LogP contribution in [-0.4, -0.2) is 25.0 Å². The van der Waals surface area contributed by atoms with Gasteiger partial charge in [-0.15, -0.1) is 12.4 Å². The SMILES string of the molecule is Cl.O=C(NC1CCNCC1)C1CC1C1CCCCC1. The van der Waals surface area contributed by atoms with Crippen LogP contribution < -0.4 is 10.6 Å². The van der Waals surface area contributed by atoms with E-state index in [2.05, 4.69) is 10.6 Å². The molecule has 3 fully saturated rings. The molecule has 0 radical (unpaired) electrons. The molecule has 2 saturated carbocycles. The van der Waals surface area contributed by atoms with Crippen LogP contribution >= 0.6 is 12.4 Å². The van der Waals surface area contributed by atoms with E-state index in [1.54, 1.807) is 0 Å². The van der Waals surface area contributed by atoms with Gasteiger partial charge in [0.05, 0.1) is 0 Å². The van der Waals surface area contributed by atoms with Gasteiger partial charge >= 0.3 is 0 Å². The fraction of sp³-hybridized carbons (Fsp3) is 0.933. The van der Waals surface area contributed by atoms with Gasteiger partial charge in [-0.3, -0.25) is 4.79 Å². The van der Waals surface area contributed by atoms with E-state index in [0.29, 0.717) is 17.9 Å². The molecule has 1 aliphatic heterocycles. The molecule has 1 saturated heterocycles. The molecular weight excluding hydrogens is 260 g/mol. The summed E-state index contributed by atoms with van der Waals surface area (Å²) in [4.78, 5) is 12.2. The molecule has 3 rings (SSSR count). The van der Waals surface area contributed by atoms with Crippen LogP contribution in [0.15, 0.2) is 0 Å². The topological polar surface area (TPSA) is 41.1 Å². The molecule has 3 aliphatic rings. The van der Waals surface area contributed by atoms with Gasteiger partial charge in [-0.2, -0.15) is 0 Å². The van der Waals surface area contributed by atoms with Gasteiger partial charge in [0.1, 0.15) is 0 Å². The Hall–Kier alpha value is -0.280. The average molecular weight is 287 g/mol.